The van der Waals surface area contributed by atoms with Gasteiger partial charge in [-0.3, -0.25) is 9.59 Å². The molecule has 5 heteroatoms. The molecule has 0 unspecified atom stereocenters. The van der Waals surface area contributed by atoms with Crippen molar-refractivity contribution in [2.24, 2.45) is 11.3 Å². The molecule has 0 spiro atoms. The average molecular weight is 270 g/mol. The summed E-state index contributed by atoms with van der Waals surface area (Å²) >= 11 is 0. The van der Waals surface area contributed by atoms with E-state index in [1.165, 1.54) is 14.0 Å². The van der Waals surface area contributed by atoms with Gasteiger partial charge >= 0.3 is 5.97 Å². The lowest BCUT2D eigenvalue weighted by Gasteiger charge is -2.34. The van der Waals surface area contributed by atoms with Crippen LogP contribution in [0.1, 0.15) is 39.5 Å². The third-order valence-electron chi connectivity index (χ3n) is 4.17. The first-order chi connectivity index (χ1) is 8.90. The van der Waals surface area contributed by atoms with Crippen LogP contribution in [0.5, 0.6) is 0 Å². The van der Waals surface area contributed by atoms with Crippen LogP contribution in [0.15, 0.2) is 0 Å². The molecule has 0 aromatic heterocycles. The van der Waals surface area contributed by atoms with E-state index >= 15 is 0 Å². The van der Waals surface area contributed by atoms with Crippen molar-refractivity contribution in [1.82, 2.24) is 0 Å². The number of rotatable bonds is 6. The number of ketones is 2. The van der Waals surface area contributed by atoms with E-state index in [4.69, 9.17) is 9.47 Å². The quantitative estimate of drug-likeness (QED) is 0.540. The third-order valence-corrected chi connectivity index (χ3v) is 4.17. The lowest BCUT2D eigenvalue weighted by molar-refractivity contribution is -0.163. The summed E-state index contributed by atoms with van der Waals surface area (Å²) in [4.78, 5) is 35.7. The molecule has 0 radical (unpaired) electrons. The van der Waals surface area contributed by atoms with Crippen molar-refractivity contribution in [2.75, 3.05) is 14.2 Å². The van der Waals surface area contributed by atoms with Crippen molar-refractivity contribution in [2.45, 2.75) is 45.6 Å². The maximum absolute atomic E-state index is 12.3. The van der Waals surface area contributed by atoms with Gasteiger partial charge in [-0.25, -0.2) is 0 Å². The van der Waals surface area contributed by atoms with Crippen molar-refractivity contribution < 1.29 is 23.9 Å². The fourth-order valence-electron chi connectivity index (χ4n) is 3.01. The molecule has 3 atom stereocenters. The molecule has 0 N–H and O–H groups in total. The fraction of sp³-hybridized carbons (Fsp3) is 0.786. The second-order valence-corrected chi connectivity index (χ2v) is 5.17. The number of methoxy groups -OCH3 is 2. The van der Waals surface area contributed by atoms with E-state index in [9.17, 15) is 14.4 Å². The van der Waals surface area contributed by atoms with Crippen LogP contribution in [0.4, 0.5) is 0 Å². The zero-order valence-corrected chi connectivity index (χ0v) is 12.0. The van der Waals surface area contributed by atoms with Crippen LogP contribution >= 0.6 is 0 Å². The molecule has 1 saturated carbocycles. The molecule has 1 rings (SSSR count). The average Bonchev–Trinajstić information content (AvgIpc) is 2.72. The molecule has 0 aromatic rings. The smallest absolute Gasteiger partial charge is 0.319 e. The van der Waals surface area contributed by atoms with Gasteiger partial charge in [-0.05, 0) is 26.7 Å². The number of carbonyl (C=O) groups is 3. The predicted octanol–water partition coefficient (Wildman–Crippen LogP) is 1.53. The Morgan fingerprint density at radius 3 is 2.53 bits per heavy atom. The molecule has 19 heavy (non-hydrogen) atoms. The second kappa shape index (κ2) is 6.28. The molecule has 0 bridgehead atoms. The van der Waals surface area contributed by atoms with Gasteiger partial charge in [-0.15, -0.1) is 0 Å². The van der Waals surface area contributed by atoms with Gasteiger partial charge in [-0.2, -0.15) is 0 Å². The van der Waals surface area contributed by atoms with Crippen molar-refractivity contribution in [3.63, 3.8) is 0 Å². The predicted molar refractivity (Wildman–Crippen MR) is 68.6 cm³/mol. The highest BCUT2D eigenvalue weighted by Crippen LogP contribution is 2.47. The van der Waals surface area contributed by atoms with Crippen LogP contribution in [-0.4, -0.2) is 37.9 Å². The monoisotopic (exact) mass is 270 g/mol. The standard InChI is InChI=1S/C14H22O5/c1-9(15)7-8-14(13(17)19-4)11(10(2)18-3)5-6-12(14)16/h10-11H,5-8H2,1-4H3/t10-,11-,14+/m1/s1. The summed E-state index contributed by atoms with van der Waals surface area (Å²) in [5.74, 6) is -0.928. The highest BCUT2D eigenvalue weighted by atomic mass is 16.5. The summed E-state index contributed by atoms with van der Waals surface area (Å²) in [6.45, 7) is 3.30. The summed E-state index contributed by atoms with van der Waals surface area (Å²) in [7, 11) is 2.83. The number of Topliss-reactive ketones (excluding diaryl/α,β-unsaturated/α-hetero) is 2. The van der Waals surface area contributed by atoms with Crippen LogP contribution < -0.4 is 0 Å². The molecular formula is C14H22O5. The molecule has 1 fully saturated rings. The van der Waals surface area contributed by atoms with Gasteiger partial charge in [0.15, 0.2) is 5.78 Å². The first-order valence-electron chi connectivity index (χ1n) is 6.54. The van der Waals surface area contributed by atoms with Gasteiger partial charge in [-0.1, -0.05) is 0 Å². The Bertz CT molecular complexity index is 376. The Hall–Kier alpha value is -1.23. The van der Waals surface area contributed by atoms with Crippen molar-refractivity contribution >= 4 is 17.5 Å². The zero-order chi connectivity index (χ0) is 14.6. The highest BCUT2D eigenvalue weighted by molar-refractivity contribution is 6.06. The Labute approximate surface area is 113 Å². The van der Waals surface area contributed by atoms with E-state index < -0.39 is 11.4 Å². The molecule has 0 heterocycles. The lowest BCUT2D eigenvalue weighted by atomic mass is 9.71. The molecule has 5 nitrogen and oxygen atoms in total. The molecule has 0 saturated heterocycles. The van der Waals surface area contributed by atoms with E-state index in [0.717, 1.165) is 0 Å². The first kappa shape index (κ1) is 15.8. The molecule has 1 aliphatic rings. The molecule has 0 amide bonds. The Morgan fingerprint density at radius 1 is 1.42 bits per heavy atom. The summed E-state index contributed by atoms with van der Waals surface area (Å²) in [5, 5.41) is 0. The van der Waals surface area contributed by atoms with E-state index in [1.807, 2.05) is 6.92 Å². The van der Waals surface area contributed by atoms with Crippen LogP contribution in [0.2, 0.25) is 0 Å². The highest BCUT2D eigenvalue weighted by Gasteiger charge is 2.57. The molecule has 0 aromatic carbocycles. The van der Waals surface area contributed by atoms with E-state index in [1.54, 1.807) is 7.11 Å². The van der Waals surface area contributed by atoms with E-state index in [2.05, 4.69) is 0 Å². The van der Waals surface area contributed by atoms with Gasteiger partial charge in [0.05, 0.1) is 13.2 Å². The van der Waals surface area contributed by atoms with E-state index in [-0.39, 0.29) is 36.4 Å². The van der Waals surface area contributed by atoms with Crippen molar-refractivity contribution in [1.29, 1.82) is 0 Å². The largest absolute Gasteiger partial charge is 0.468 e. The van der Waals surface area contributed by atoms with Crippen LogP contribution in [-0.2, 0) is 23.9 Å². The van der Waals surface area contributed by atoms with Gasteiger partial charge in [0.2, 0.25) is 0 Å². The first-order valence-corrected chi connectivity index (χ1v) is 6.54. The number of hydrogen-bond donors (Lipinski definition) is 0. The van der Waals surface area contributed by atoms with Gasteiger partial charge < -0.3 is 14.3 Å². The van der Waals surface area contributed by atoms with Crippen molar-refractivity contribution in [3.8, 4) is 0 Å². The maximum atomic E-state index is 12.3. The Balaban J connectivity index is 3.12. The number of esters is 1. The molecule has 1 aliphatic carbocycles. The molecule has 0 aliphatic heterocycles. The minimum absolute atomic E-state index is 0.0354. The number of hydrogen-bond acceptors (Lipinski definition) is 5. The molecular weight excluding hydrogens is 248 g/mol. The zero-order valence-electron chi connectivity index (χ0n) is 12.0. The van der Waals surface area contributed by atoms with Crippen LogP contribution in [0.3, 0.4) is 0 Å². The Kier molecular flexibility index (Phi) is 5.23. The van der Waals surface area contributed by atoms with Gasteiger partial charge in [0, 0.05) is 25.9 Å². The third kappa shape index (κ3) is 2.86. The minimum Gasteiger partial charge on any atom is -0.468 e. The summed E-state index contributed by atoms with van der Waals surface area (Å²) in [6.07, 6.45) is 1.13. The molecule has 108 valence electrons. The summed E-state index contributed by atoms with van der Waals surface area (Å²) in [5.41, 5.74) is -1.21. The van der Waals surface area contributed by atoms with Crippen LogP contribution in [0.25, 0.3) is 0 Å². The minimum atomic E-state index is -1.21. The maximum Gasteiger partial charge on any atom is 0.319 e. The normalized spacial score (nSPS) is 28.2. The second-order valence-electron chi connectivity index (χ2n) is 5.17. The number of ether oxygens (including phenoxy) is 2. The van der Waals surface area contributed by atoms with E-state index in [0.29, 0.717) is 12.8 Å². The topological polar surface area (TPSA) is 69.7 Å². The van der Waals surface area contributed by atoms with Gasteiger partial charge in [0.25, 0.3) is 0 Å². The summed E-state index contributed by atoms with van der Waals surface area (Å²) in [6, 6.07) is 0. The summed E-state index contributed by atoms with van der Waals surface area (Å²) < 4.78 is 10.1. The van der Waals surface area contributed by atoms with Crippen molar-refractivity contribution in [3.05, 3.63) is 0 Å². The lowest BCUT2D eigenvalue weighted by Crippen LogP contribution is -2.46. The fourth-order valence-corrected chi connectivity index (χ4v) is 3.01. The number of carbonyl (C=O) groups excluding carboxylic acids is 3. The van der Waals surface area contributed by atoms with Gasteiger partial charge in [0.1, 0.15) is 11.2 Å². The van der Waals surface area contributed by atoms with Crippen LogP contribution in [0, 0.1) is 11.3 Å². The Morgan fingerprint density at radius 2 is 2.05 bits per heavy atom. The SMILES string of the molecule is COC(=O)[C@]1(CCC(C)=O)C(=O)CC[C@@H]1[C@@H](C)OC.